The van der Waals surface area contributed by atoms with Crippen molar-refractivity contribution in [3.8, 4) is 11.3 Å². The van der Waals surface area contributed by atoms with E-state index in [0.717, 1.165) is 23.0 Å². The van der Waals surface area contributed by atoms with Gasteiger partial charge in [-0.05, 0) is 24.3 Å². The lowest BCUT2D eigenvalue weighted by molar-refractivity contribution is -0.178. The first-order valence-electron chi connectivity index (χ1n) is 9.61. The molecule has 0 amide bonds. The molecule has 1 fully saturated rings. The van der Waals surface area contributed by atoms with Gasteiger partial charge >= 0.3 is 0 Å². The average Bonchev–Trinajstić information content (AvgIpc) is 3.29. The van der Waals surface area contributed by atoms with Crippen LogP contribution in [0.25, 0.3) is 11.3 Å². The first-order valence-corrected chi connectivity index (χ1v) is 10.9. The van der Waals surface area contributed by atoms with Gasteiger partial charge < -0.3 is 20.1 Å². The van der Waals surface area contributed by atoms with Gasteiger partial charge in [0.15, 0.2) is 23.3 Å². The Morgan fingerprint density at radius 1 is 1.00 bits per heavy atom. The predicted molar refractivity (Wildman–Crippen MR) is 109 cm³/mol. The molecule has 1 saturated heterocycles. The molecule has 182 valence electrons. The first-order chi connectivity index (χ1) is 16.1. The maximum absolute atomic E-state index is 14.4. The molecule has 5 atom stereocenters. The van der Waals surface area contributed by atoms with E-state index >= 15 is 0 Å². The molecule has 34 heavy (non-hydrogen) atoms. The van der Waals surface area contributed by atoms with Crippen LogP contribution in [0.1, 0.15) is 6.04 Å². The van der Waals surface area contributed by atoms with Gasteiger partial charge in [0.25, 0.3) is 0 Å². The van der Waals surface area contributed by atoms with Crippen LogP contribution in [-0.4, -0.2) is 60.7 Å². The third kappa shape index (κ3) is 4.51. The van der Waals surface area contributed by atoms with E-state index in [1.165, 1.54) is 0 Å². The molecule has 0 aliphatic carbocycles. The first kappa shape index (κ1) is 24.8. The molecular weight excluding hydrogens is 509 g/mol. The van der Waals surface area contributed by atoms with Crippen molar-refractivity contribution < 1.29 is 42.0 Å². The number of nitrogens with zero attached hydrogens (tertiary/aromatic N) is 3. The third-order valence-electron chi connectivity index (χ3n) is 5.19. The van der Waals surface area contributed by atoms with Gasteiger partial charge in [-0.15, -0.1) is 5.10 Å². The molecule has 1 aromatic heterocycles. The van der Waals surface area contributed by atoms with Gasteiger partial charge in [0.2, 0.25) is 0 Å². The van der Waals surface area contributed by atoms with Crippen molar-refractivity contribution in [2.24, 2.45) is 0 Å². The van der Waals surface area contributed by atoms with Crippen LogP contribution in [0, 0.1) is 29.1 Å². The summed E-state index contributed by atoms with van der Waals surface area (Å²) >= 11 is 6.22. The molecule has 1 aliphatic rings. The normalized spacial score (nSPS) is 25.0. The van der Waals surface area contributed by atoms with Crippen LogP contribution >= 0.6 is 23.4 Å². The van der Waals surface area contributed by atoms with Crippen molar-refractivity contribution in [2.45, 2.75) is 34.7 Å². The van der Waals surface area contributed by atoms with Crippen LogP contribution in [0.4, 0.5) is 22.0 Å². The highest BCUT2D eigenvalue weighted by atomic mass is 35.5. The smallest absolute Gasteiger partial charge is 0.194 e. The predicted octanol–water partition coefficient (Wildman–Crippen LogP) is 3.07. The van der Waals surface area contributed by atoms with E-state index < -0.39 is 70.5 Å². The molecule has 3 aromatic rings. The SMILES string of the molecule is OCC1O[C@H](Sc2ccc(F)c(Cl)c2F)C(O)C(n2cc(-c3cc(F)c(F)c(F)c3)nn2)[C@H]1O. The number of hydrogen-bond acceptors (Lipinski definition) is 7. The number of hydrogen-bond donors (Lipinski definition) is 3. The van der Waals surface area contributed by atoms with Gasteiger partial charge in [-0.25, -0.2) is 26.6 Å². The van der Waals surface area contributed by atoms with Crippen LogP contribution in [0.3, 0.4) is 0 Å². The van der Waals surface area contributed by atoms with E-state index in [-0.39, 0.29) is 16.2 Å². The summed E-state index contributed by atoms with van der Waals surface area (Å²) in [5.74, 6) is -6.64. The van der Waals surface area contributed by atoms with Crippen LogP contribution in [-0.2, 0) is 4.74 Å². The number of aliphatic hydroxyl groups excluding tert-OH is 3. The highest BCUT2D eigenvalue weighted by Crippen LogP contribution is 2.40. The Kier molecular flexibility index (Phi) is 7.12. The molecule has 7 nitrogen and oxygen atoms in total. The van der Waals surface area contributed by atoms with Crippen molar-refractivity contribution in [3.63, 3.8) is 0 Å². The summed E-state index contributed by atoms with van der Waals surface area (Å²) in [6.45, 7) is -0.690. The Bertz CT molecular complexity index is 1200. The molecule has 14 heteroatoms. The van der Waals surface area contributed by atoms with Gasteiger partial charge in [-0.3, -0.25) is 0 Å². The van der Waals surface area contributed by atoms with Crippen LogP contribution < -0.4 is 0 Å². The molecule has 1 aliphatic heterocycles. The molecule has 4 rings (SSSR count). The second-order valence-electron chi connectivity index (χ2n) is 7.33. The van der Waals surface area contributed by atoms with Gasteiger partial charge in [-0.2, -0.15) is 0 Å². The number of ether oxygens (including phenoxy) is 1. The van der Waals surface area contributed by atoms with Gasteiger partial charge in [0.05, 0.1) is 12.8 Å². The van der Waals surface area contributed by atoms with E-state index in [2.05, 4.69) is 10.3 Å². The van der Waals surface area contributed by atoms with Crippen molar-refractivity contribution in [1.82, 2.24) is 15.0 Å². The average molecular weight is 524 g/mol. The minimum Gasteiger partial charge on any atom is -0.394 e. The Balaban J connectivity index is 1.65. The van der Waals surface area contributed by atoms with E-state index in [0.29, 0.717) is 23.9 Å². The topological polar surface area (TPSA) is 101 Å². The molecule has 2 heterocycles. The molecule has 3 unspecified atom stereocenters. The summed E-state index contributed by atoms with van der Waals surface area (Å²) in [7, 11) is 0. The molecule has 2 aromatic carbocycles. The second kappa shape index (κ2) is 9.76. The van der Waals surface area contributed by atoms with Crippen molar-refractivity contribution in [2.75, 3.05) is 6.61 Å². The second-order valence-corrected chi connectivity index (χ2v) is 8.84. The summed E-state index contributed by atoms with van der Waals surface area (Å²) < 4.78 is 74.7. The molecular formula is C20H15ClF5N3O4S. The van der Waals surface area contributed by atoms with E-state index in [9.17, 15) is 37.3 Å². The lowest BCUT2D eigenvalue weighted by Gasteiger charge is -2.41. The van der Waals surface area contributed by atoms with Crippen molar-refractivity contribution in [1.29, 1.82) is 0 Å². The largest absolute Gasteiger partial charge is 0.394 e. The van der Waals surface area contributed by atoms with Crippen molar-refractivity contribution >= 4 is 23.4 Å². The van der Waals surface area contributed by atoms with Crippen LogP contribution in [0.15, 0.2) is 35.4 Å². The third-order valence-corrected chi connectivity index (χ3v) is 6.72. The minimum absolute atomic E-state index is 0.107. The van der Waals surface area contributed by atoms with Gasteiger partial charge in [0.1, 0.15) is 46.3 Å². The van der Waals surface area contributed by atoms with Crippen LogP contribution in [0.2, 0.25) is 5.02 Å². The zero-order valence-electron chi connectivity index (χ0n) is 16.7. The molecule has 0 spiro atoms. The maximum atomic E-state index is 14.4. The van der Waals surface area contributed by atoms with Gasteiger partial charge in [0, 0.05) is 10.5 Å². The number of rotatable bonds is 5. The summed E-state index contributed by atoms with van der Waals surface area (Å²) in [5.41, 5.74) is -1.55. The number of benzene rings is 2. The Morgan fingerprint density at radius 3 is 2.32 bits per heavy atom. The van der Waals surface area contributed by atoms with E-state index in [4.69, 9.17) is 16.3 Å². The molecule has 0 saturated carbocycles. The monoisotopic (exact) mass is 523 g/mol. The standard InChI is InChI=1S/C20H15ClF5N3O4S/c21-14-8(22)1-2-13(16(14)26)34-20-19(32)17(18(31)12(6-30)33-20)29-5-11(27-28-29)7-3-9(23)15(25)10(24)4-7/h1-5,12,17-20,30-32H,6H2/t12?,17?,18-,19?,20+/m0/s1. The summed E-state index contributed by atoms with van der Waals surface area (Å²) in [4.78, 5) is -0.168. The minimum atomic E-state index is -1.66. The highest BCUT2D eigenvalue weighted by Gasteiger charge is 2.46. The number of aromatic nitrogens is 3. The fraction of sp³-hybridized carbons (Fsp3) is 0.300. The van der Waals surface area contributed by atoms with Gasteiger partial charge in [-0.1, -0.05) is 28.6 Å². The number of thioether (sulfide) groups is 1. The quantitative estimate of drug-likeness (QED) is 0.349. The highest BCUT2D eigenvalue weighted by molar-refractivity contribution is 7.99. The molecule has 3 N–H and O–H groups in total. The van der Waals surface area contributed by atoms with Crippen molar-refractivity contribution in [3.05, 3.63) is 64.6 Å². The van der Waals surface area contributed by atoms with Crippen LogP contribution in [0.5, 0.6) is 0 Å². The fourth-order valence-corrected chi connectivity index (χ4v) is 4.78. The Morgan fingerprint density at radius 2 is 1.68 bits per heavy atom. The number of halogens is 6. The summed E-state index contributed by atoms with van der Waals surface area (Å²) in [5, 5.41) is 37.9. The van der Waals surface area contributed by atoms with E-state index in [1.54, 1.807) is 0 Å². The Labute approximate surface area is 197 Å². The lowest BCUT2D eigenvalue weighted by atomic mass is 9.97. The maximum Gasteiger partial charge on any atom is 0.194 e. The lowest BCUT2D eigenvalue weighted by Crippen LogP contribution is -2.55. The zero-order chi connectivity index (χ0) is 24.7. The molecule has 0 radical (unpaired) electrons. The Hall–Kier alpha value is -2.29. The summed E-state index contributed by atoms with van der Waals surface area (Å²) in [6.07, 6.45) is -3.23. The number of aliphatic hydroxyl groups is 3. The van der Waals surface area contributed by atoms with E-state index in [1.807, 2.05) is 0 Å². The molecule has 0 bridgehead atoms. The fourth-order valence-electron chi connectivity index (χ4n) is 3.46. The summed E-state index contributed by atoms with van der Waals surface area (Å²) in [6, 6.07) is 2.08. The zero-order valence-corrected chi connectivity index (χ0v) is 18.3.